The molecule has 2 N–H and O–H groups in total. The summed E-state index contributed by atoms with van der Waals surface area (Å²) in [6, 6.07) is 12.5. The number of ether oxygens (including phenoxy) is 2. The quantitative estimate of drug-likeness (QED) is 0.493. The molecule has 0 aliphatic rings. The zero-order valence-electron chi connectivity index (χ0n) is 15.0. The molecule has 0 saturated heterocycles. The van der Waals surface area contributed by atoms with Crippen LogP contribution in [0.25, 0.3) is 0 Å². The molecule has 2 aromatic rings. The fourth-order valence-corrected chi connectivity index (χ4v) is 2.55. The fraction of sp³-hybridized carbons (Fsp3) is 0.211. The fourth-order valence-electron chi connectivity index (χ4n) is 2.17. The second kappa shape index (κ2) is 10.3. The number of para-hydroxylation sites is 1. The van der Waals surface area contributed by atoms with E-state index in [1.54, 1.807) is 38.5 Å². The number of carbonyl (C=O) groups excluding carboxylic acids is 2. The minimum Gasteiger partial charge on any atom is -0.493 e. The Morgan fingerprint density at radius 2 is 1.74 bits per heavy atom. The van der Waals surface area contributed by atoms with Crippen molar-refractivity contribution in [3.05, 3.63) is 52.5 Å². The van der Waals surface area contributed by atoms with E-state index in [1.165, 1.54) is 6.21 Å². The van der Waals surface area contributed by atoms with Crippen LogP contribution in [0.1, 0.15) is 18.4 Å². The molecule has 2 aromatic carbocycles. The number of hydrogen-bond acceptors (Lipinski definition) is 5. The van der Waals surface area contributed by atoms with Crippen molar-refractivity contribution in [3.63, 3.8) is 0 Å². The van der Waals surface area contributed by atoms with Gasteiger partial charge in [-0.25, -0.2) is 5.43 Å². The van der Waals surface area contributed by atoms with E-state index in [0.29, 0.717) is 17.2 Å². The Balaban J connectivity index is 1.79. The van der Waals surface area contributed by atoms with Gasteiger partial charge in [0, 0.05) is 17.3 Å². The number of rotatable bonds is 8. The molecule has 142 valence electrons. The van der Waals surface area contributed by atoms with Crippen LogP contribution in [0.15, 0.2) is 52.0 Å². The lowest BCUT2D eigenvalue weighted by Gasteiger charge is -2.07. The second-order valence-electron chi connectivity index (χ2n) is 5.44. The van der Waals surface area contributed by atoms with E-state index in [-0.39, 0.29) is 24.7 Å². The molecule has 0 radical (unpaired) electrons. The highest BCUT2D eigenvalue weighted by Gasteiger charge is 2.08. The largest absolute Gasteiger partial charge is 0.493 e. The molecule has 0 aliphatic carbocycles. The Hall–Kier alpha value is -2.87. The zero-order chi connectivity index (χ0) is 19.6. The van der Waals surface area contributed by atoms with Crippen molar-refractivity contribution in [1.29, 1.82) is 0 Å². The van der Waals surface area contributed by atoms with Crippen molar-refractivity contribution >= 4 is 39.6 Å². The predicted molar refractivity (Wildman–Crippen MR) is 107 cm³/mol. The lowest BCUT2D eigenvalue weighted by molar-refractivity contribution is -0.124. The molecule has 27 heavy (non-hydrogen) atoms. The Bertz CT molecular complexity index is 839. The van der Waals surface area contributed by atoms with Crippen LogP contribution in [0, 0.1) is 0 Å². The Kier molecular flexibility index (Phi) is 7.81. The second-order valence-corrected chi connectivity index (χ2v) is 6.29. The third kappa shape index (κ3) is 6.41. The van der Waals surface area contributed by atoms with Gasteiger partial charge in [0.2, 0.25) is 11.8 Å². The molecule has 0 fully saturated rings. The van der Waals surface area contributed by atoms with Crippen molar-refractivity contribution in [1.82, 2.24) is 5.43 Å². The van der Waals surface area contributed by atoms with Crippen LogP contribution in [-0.4, -0.2) is 32.2 Å². The molecular weight excluding hydrogens is 414 g/mol. The average molecular weight is 434 g/mol. The maximum Gasteiger partial charge on any atom is 0.240 e. The minimum absolute atomic E-state index is 0.0273. The van der Waals surface area contributed by atoms with E-state index in [9.17, 15) is 9.59 Å². The number of nitrogens with one attached hydrogen (secondary N) is 2. The van der Waals surface area contributed by atoms with Crippen LogP contribution < -0.4 is 20.2 Å². The molecule has 0 aromatic heterocycles. The molecule has 2 amide bonds. The van der Waals surface area contributed by atoms with Crippen molar-refractivity contribution in [2.75, 3.05) is 19.5 Å². The maximum absolute atomic E-state index is 11.9. The monoisotopic (exact) mass is 433 g/mol. The lowest BCUT2D eigenvalue weighted by Crippen LogP contribution is -2.20. The summed E-state index contributed by atoms with van der Waals surface area (Å²) in [5.41, 5.74) is 3.79. The predicted octanol–water partition coefficient (Wildman–Crippen LogP) is 3.34. The topological polar surface area (TPSA) is 89.0 Å². The van der Waals surface area contributed by atoms with Crippen LogP contribution in [0.2, 0.25) is 0 Å². The SMILES string of the molecule is COc1ccc(/C=N/NC(=O)CCC(=O)Nc2ccccc2Br)cc1OC. The normalized spacial score (nSPS) is 10.5. The van der Waals surface area contributed by atoms with Crippen molar-refractivity contribution in [3.8, 4) is 11.5 Å². The van der Waals surface area contributed by atoms with Crippen LogP contribution in [-0.2, 0) is 9.59 Å². The first-order valence-corrected chi connectivity index (χ1v) is 8.91. The first-order chi connectivity index (χ1) is 13.0. The molecular formula is C19H20BrN3O4. The number of amides is 2. The average Bonchev–Trinajstić information content (AvgIpc) is 2.68. The number of nitrogens with zero attached hydrogens (tertiary/aromatic N) is 1. The number of halogens is 1. The van der Waals surface area contributed by atoms with Gasteiger partial charge >= 0.3 is 0 Å². The van der Waals surface area contributed by atoms with Crippen LogP contribution in [0.4, 0.5) is 5.69 Å². The van der Waals surface area contributed by atoms with Gasteiger partial charge in [-0.2, -0.15) is 5.10 Å². The number of carbonyl (C=O) groups is 2. The first kappa shape index (κ1) is 20.4. The summed E-state index contributed by atoms with van der Waals surface area (Å²) in [4.78, 5) is 23.7. The van der Waals surface area contributed by atoms with E-state index in [1.807, 2.05) is 18.2 Å². The van der Waals surface area contributed by atoms with E-state index in [0.717, 1.165) is 10.0 Å². The zero-order valence-corrected chi connectivity index (χ0v) is 16.6. The smallest absolute Gasteiger partial charge is 0.240 e. The van der Waals surface area contributed by atoms with Crippen LogP contribution in [0.5, 0.6) is 11.5 Å². The summed E-state index contributed by atoms with van der Waals surface area (Å²) in [6.45, 7) is 0. The van der Waals surface area contributed by atoms with E-state index in [4.69, 9.17) is 9.47 Å². The van der Waals surface area contributed by atoms with Gasteiger partial charge < -0.3 is 14.8 Å². The van der Waals surface area contributed by atoms with E-state index < -0.39 is 0 Å². The number of methoxy groups -OCH3 is 2. The molecule has 2 rings (SSSR count). The molecule has 0 unspecified atom stereocenters. The highest BCUT2D eigenvalue weighted by Crippen LogP contribution is 2.26. The molecule has 0 aliphatic heterocycles. The minimum atomic E-state index is -0.353. The van der Waals surface area contributed by atoms with Gasteiger partial charge in [-0.1, -0.05) is 12.1 Å². The van der Waals surface area contributed by atoms with Gasteiger partial charge in [0.15, 0.2) is 11.5 Å². The molecule has 0 atom stereocenters. The third-order valence-electron chi connectivity index (χ3n) is 3.54. The molecule has 0 spiro atoms. The number of hydrazone groups is 1. The number of anilines is 1. The summed E-state index contributed by atoms with van der Waals surface area (Å²) in [5.74, 6) is 0.571. The summed E-state index contributed by atoms with van der Waals surface area (Å²) in [5, 5.41) is 6.63. The molecule has 7 nitrogen and oxygen atoms in total. The van der Waals surface area contributed by atoms with Gasteiger partial charge in [0.25, 0.3) is 0 Å². The van der Waals surface area contributed by atoms with E-state index >= 15 is 0 Å². The van der Waals surface area contributed by atoms with Crippen LogP contribution in [0.3, 0.4) is 0 Å². The maximum atomic E-state index is 11.9. The first-order valence-electron chi connectivity index (χ1n) is 8.11. The lowest BCUT2D eigenvalue weighted by atomic mass is 10.2. The standard InChI is InChI=1S/C19H20BrN3O4/c1-26-16-8-7-13(11-17(16)27-2)12-21-23-19(25)10-9-18(24)22-15-6-4-3-5-14(15)20/h3-8,11-12H,9-10H2,1-2H3,(H,22,24)(H,23,25)/b21-12+. The van der Waals surface area contributed by atoms with Gasteiger partial charge in [-0.15, -0.1) is 0 Å². The molecule has 0 saturated carbocycles. The summed E-state index contributed by atoms with van der Waals surface area (Å²) >= 11 is 3.35. The number of benzene rings is 2. The van der Waals surface area contributed by atoms with Gasteiger partial charge in [0.1, 0.15) is 0 Å². The van der Waals surface area contributed by atoms with Crippen molar-refractivity contribution in [2.45, 2.75) is 12.8 Å². The van der Waals surface area contributed by atoms with Crippen LogP contribution >= 0.6 is 15.9 Å². The Labute approximate surface area is 165 Å². The molecule has 0 bridgehead atoms. The molecule has 8 heteroatoms. The van der Waals surface area contributed by atoms with Crippen molar-refractivity contribution in [2.24, 2.45) is 5.10 Å². The molecule has 0 heterocycles. The summed E-state index contributed by atoms with van der Waals surface area (Å²) < 4.78 is 11.1. The number of hydrogen-bond donors (Lipinski definition) is 2. The Morgan fingerprint density at radius 1 is 1.04 bits per heavy atom. The summed E-state index contributed by atoms with van der Waals surface area (Å²) in [6.07, 6.45) is 1.57. The van der Waals surface area contributed by atoms with Gasteiger partial charge in [-0.3, -0.25) is 9.59 Å². The van der Waals surface area contributed by atoms with E-state index in [2.05, 4.69) is 31.8 Å². The Morgan fingerprint density at radius 3 is 2.44 bits per heavy atom. The van der Waals surface area contributed by atoms with Gasteiger partial charge in [0.05, 0.1) is 26.1 Å². The third-order valence-corrected chi connectivity index (χ3v) is 4.23. The summed E-state index contributed by atoms with van der Waals surface area (Å²) in [7, 11) is 3.10. The highest BCUT2D eigenvalue weighted by molar-refractivity contribution is 9.10. The van der Waals surface area contributed by atoms with Crippen molar-refractivity contribution < 1.29 is 19.1 Å². The highest BCUT2D eigenvalue weighted by atomic mass is 79.9. The van der Waals surface area contributed by atoms with Gasteiger partial charge in [-0.05, 0) is 51.8 Å².